The van der Waals surface area contributed by atoms with Gasteiger partial charge in [-0.25, -0.2) is 4.39 Å². The molecule has 0 amide bonds. The molecule has 94 valence electrons. The first kappa shape index (κ1) is 12.0. The lowest BCUT2D eigenvalue weighted by Crippen LogP contribution is -2.08. The second-order valence-electron chi connectivity index (χ2n) is 4.74. The Hall–Kier alpha value is -1.45. The van der Waals surface area contributed by atoms with Gasteiger partial charge >= 0.3 is 0 Å². The third-order valence-corrected chi connectivity index (χ3v) is 2.60. The summed E-state index contributed by atoms with van der Waals surface area (Å²) in [6, 6.07) is 2.78. The molecule has 1 aromatic carbocycles. The molecule has 3 nitrogen and oxygen atoms in total. The summed E-state index contributed by atoms with van der Waals surface area (Å²) in [6.07, 6.45) is 2.33. The van der Waals surface area contributed by atoms with Crippen molar-refractivity contribution in [3.05, 3.63) is 17.9 Å². The highest BCUT2D eigenvalue weighted by atomic mass is 19.1. The van der Waals surface area contributed by atoms with Crippen molar-refractivity contribution in [2.75, 3.05) is 12.3 Å². The molecule has 0 heterocycles. The summed E-state index contributed by atoms with van der Waals surface area (Å²) in [6.45, 7) is 4.35. The van der Waals surface area contributed by atoms with Crippen LogP contribution in [0.5, 0.6) is 11.5 Å². The van der Waals surface area contributed by atoms with E-state index in [-0.39, 0.29) is 11.9 Å². The second kappa shape index (κ2) is 4.82. The molecule has 4 heteroatoms. The Morgan fingerprint density at radius 1 is 1.35 bits per heavy atom. The zero-order valence-electron chi connectivity index (χ0n) is 10.2. The van der Waals surface area contributed by atoms with Crippen LogP contribution in [0.25, 0.3) is 0 Å². The first-order valence-electron chi connectivity index (χ1n) is 5.94. The van der Waals surface area contributed by atoms with Crippen LogP contribution in [0.15, 0.2) is 12.1 Å². The van der Waals surface area contributed by atoms with E-state index in [0.717, 1.165) is 0 Å². The minimum atomic E-state index is -0.449. The lowest BCUT2D eigenvalue weighted by Gasteiger charge is -2.14. The van der Waals surface area contributed by atoms with Crippen molar-refractivity contribution < 1.29 is 13.9 Å². The molecule has 1 aliphatic carbocycles. The molecule has 0 radical (unpaired) electrons. The largest absolute Gasteiger partial charge is 0.491 e. The summed E-state index contributed by atoms with van der Waals surface area (Å²) in [5.41, 5.74) is 6.03. The number of anilines is 1. The first-order chi connectivity index (χ1) is 8.06. The average molecular weight is 239 g/mol. The van der Waals surface area contributed by atoms with Crippen molar-refractivity contribution in [3.8, 4) is 11.5 Å². The zero-order chi connectivity index (χ0) is 12.4. The first-order valence-corrected chi connectivity index (χ1v) is 5.94. The molecule has 0 atom stereocenters. The van der Waals surface area contributed by atoms with E-state index in [0.29, 0.717) is 24.0 Å². The normalized spacial score (nSPS) is 15.1. The summed E-state index contributed by atoms with van der Waals surface area (Å²) in [7, 11) is 0. The van der Waals surface area contributed by atoms with E-state index in [1.165, 1.54) is 25.0 Å². The molecule has 17 heavy (non-hydrogen) atoms. The Bertz CT molecular complexity index is 403. The highest BCUT2D eigenvalue weighted by Crippen LogP contribution is 2.34. The highest BCUT2D eigenvalue weighted by molar-refractivity contribution is 5.56. The molecule has 0 bridgehead atoms. The van der Waals surface area contributed by atoms with Crippen molar-refractivity contribution >= 4 is 5.69 Å². The predicted molar refractivity (Wildman–Crippen MR) is 64.8 cm³/mol. The SMILES string of the molecule is CC(C)Oc1cc(OCC2CC2)c(N)cc1F. The maximum absolute atomic E-state index is 13.5. The fraction of sp³-hybridized carbons (Fsp3) is 0.538. The molecule has 2 N–H and O–H groups in total. The lowest BCUT2D eigenvalue weighted by atomic mass is 10.2. The van der Waals surface area contributed by atoms with E-state index < -0.39 is 5.82 Å². The maximum atomic E-state index is 13.5. The Labute approximate surface area is 101 Å². The fourth-order valence-electron chi connectivity index (χ4n) is 1.51. The minimum absolute atomic E-state index is 0.0793. The van der Waals surface area contributed by atoms with Crippen LogP contribution in [0.1, 0.15) is 26.7 Å². The van der Waals surface area contributed by atoms with Gasteiger partial charge in [0.25, 0.3) is 0 Å². The molecule has 0 spiro atoms. The zero-order valence-corrected chi connectivity index (χ0v) is 10.2. The summed E-state index contributed by atoms with van der Waals surface area (Å²) in [5.74, 6) is 0.887. The average Bonchev–Trinajstić information content (AvgIpc) is 3.03. The fourth-order valence-corrected chi connectivity index (χ4v) is 1.51. The van der Waals surface area contributed by atoms with Gasteiger partial charge in [0.1, 0.15) is 5.75 Å². The molecule has 0 unspecified atom stereocenters. The Morgan fingerprint density at radius 2 is 2.06 bits per heavy atom. The molecular weight excluding hydrogens is 221 g/mol. The smallest absolute Gasteiger partial charge is 0.167 e. The summed E-state index contributed by atoms with van der Waals surface area (Å²) in [4.78, 5) is 0. The number of nitrogen functional groups attached to an aromatic ring is 1. The summed E-state index contributed by atoms with van der Waals surface area (Å²) >= 11 is 0. The van der Waals surface area contributed by atoms with Gasteiger partial charge in [-0.1, -0.05) is 0 Å². The monoisotopic (exact) mass is 239 g/mol. The lowest BCUT2D eigenvalue weighted by molar-refractivity contribution is 0.228. The van der Waals surface area contributed by atoms with E-state index >= 15 is 0 Å². The van der Waals surface area contributed by atoms with Crippen LogP contribution in [-0.2, 0) is 0 Å². The number of hydrogen-bond acceptors (Lipinski definition) is 3. The van der Waals surface area contributed by atoms with E-state index in [4.69, 9.17) is 15.2 Å². The molecule has 0 saturated heterocycles. The van der Waals surface area contributed by atoms with Crippen LogP contribution >= 0.6 is 0 Å². The Balaban J connectivity index is 2.12. The van der Waals surface area contributed by atoms with Gasteiger partial charge in [-0.3, -0.25) is 0 Å². The number of ether oxygens (including phenoxy) is 2. The predicted octanol–water partition coefficient (Wildman–Crippen LogP) is 2.98. The topological polar surface area (TPSA) is 44.5 Å². The van der Waals surface area contributed by atoms with Crippen LogP contribution in [-0.4, -0.2) is 12.7 Å². The number of halogens is 1. The van der Waals surface area contributed by atoms with E-state index in [2.05, 4.69) is 0 Å². The second-order valence-corrected chi connectivity index (χ2v) is 4.74. The van der Waals surface area contributed by atoms with Gasteiger partial charge in [0.05, 0.1) is 18.4 Å². The van der Waals surface area contributed by atoms with Gasteiger partial charge in [0, 0.05) is 12.1 Å². The molecular formula is C13H18FNO2. The van der Waals surface area contributed by atoms with Crippen molar-refractivity contribution in [1.82, 2.24) is 0 Å². The van der Waals surface area contributed by atoms with Crippen LogP contribution in [0.2, 0.25) is 0 Å². The maximum Gasteiger partial charge on any atom is 0.167 e. The minimum Gasteiger partial charge on any atom is -0.491 e. The van der Waals surface area contributed by atoms with Crippen LogP contribution in [0, 0.1) is 11.7 Å². The van der Waals surface area contributed by atoms with Crippen molar-refractivity contribution in [3.63, 3.8) is 0 Å². The molecule has 1 aliphatic rings. The number of rotatable bonds is 5. The summed E-state index contributed by atoms with van der Waals surface area (Å²) in [5, 5.41) is 0. The third kappa shape index (κ3) is 3.25. The molecule has 1 fully saturated rings. The van der Waals surface area contributed by atoms with Gasteiger partial charge in [0.15, 0.2) is 11.6 Å². The summed E-state index contributed by atoms with van der Waals surface area (Å²) < 4.78 is 24.5. The number of nitrogens with two attached hydrogens (primary N) is 1. The molecule has 1 saturated carbocycles. The van der Waals surface area contributed by atoms with Crippen molar-refractivity contribution in [2.24, 2.45) is 5.92 Å². The standard InChI is InChI=1S/C13H18FNO2/c1-8(2)17-12-6-13(11(15)5-10(12)14)16-7-9-3-4-9/h5-6,8-9H,3-4,7,15H2,1-2H3. The molecule has 0 aromatic heterocycles. The van der Waals surface area contributed by atoms with Crippen LogP contribution in [0.4, 0.5) is 10.1 Å². The highest BCUT2D eigenvalue weighted by Gasteiger charge is 2.22. The van der Waals surface area contributed by atoms with Crippen molar-refractivity contribution in [2.45, 2.75) is 32.8 Å². The Kier molecular flexibility index (Phi) is 3.41. The van der Waals surface area contributed by atoms with E-state index in [1.807, 2.05) is 13.8 Å². The van der Waals surface area contributed by atoms with Gasteiger partial charge in [-0.05, 0) is 32.6 Å². The van der Waals surface area contributed by atoms with Crippen LogP contribution < -0.4 is 15.2 Å². The third-order valence-electron chi connectivity index (χ3n) is 2.60. The quantitative estimate of drug-likeness (QED) is 0.803. The molecule has 2 rings (SSSR count). The van der Waals surface area contributed by atoms with Crippen molar-refractivity contribution in [1.29, 1.82) is 0 Å². The van der Waals surface area contributed by atoms with Gasteiger partial charge in [-0.2, -0.15) is 0 Å². The van der Waals surface area contributed by atoms with E-state index in [1.54, 1.807) is 0 Å². The van der Waals surface area contributed by atoms with Crippen LogP contribution in [0.3, 0.4) is 0 Å². The number of hydrogen-bond donors (Lipinski definition) is 1. The molecule has 1 aromatic rings. The van der Waals surface area contributed by atoms with Gasteiger partial charge in [-0.15, -0.1) is 0 Å². The van der Waals surface area contributed by atoms with E-state index in [9.17, 15) is 4.39 Å². The molecule has 0 aliphatic heterocycles. The van der Waals surface area contributed by atoms with Gasteiger partial charge in [0.2, 0.25) is 0 Å². The Morgan fingerprint density at radius 3 is 2.65 bits per heavy atom. The number of benzene rings is 1. The van der Waals surface area contributed by atoms with Gasteiger partial charge < -0.3 is 15.2 Å².